The normalized spacial score (nSPS) is 15.0. The predicted molar refractivity (Wildman–Crippen MR) is 142 cm³/mol. The summed E-state index contributed by atoms with van der Waals surface area (Å²) in [4.78, 5) is 31.8. The van der Waals surface area contributed by atoms with Crippen molar-refractivity contribution in [3.63, 3.8) is 0 Å². The summed E-state index contributed by atoms with van der Waals surface area (Å²) in [6, 6.07) is 15.0. The van der Waals surface area contributed by atoms with Crippen LogP contribution in [0.2, 0.25) is 5.02 Å². The number of thiophene rings is 1. The third-order valence-electron chi connectivity index (χ3n) is 6.43. The maximum atomic E-state index is 13.6. The Labute approximate surface area is 216 Å². The summed E-state index contributed by atoms with van der Waals surface area (Å²) in [5, 5.41) is 2.77. The van der Waals surface area contributed by atoms with Gasteiger partial charge in [0.05, 0.1) is 6.04 Å². The third-order valence-corrected chi connectivity index (χ3v) is 7.86. The van der Waals surface area contributed by atoms with Gasteiger partial charge in [-0.2, -0.15) is 0 Å². The molecule has 2 heterocycles. The minimum atomic E-state index is -0.203. The van der Waals surface area contributed by atoms with E-state index in [0.717, 1.165) is 35.3 Å². The van der Waals surface area contributed by atoms with Gasteiger partial charge in [0.15, 0.2) is 0 Å². The molecule has 0 unspecified atom stereocenters. The van der Waals surface area contributed by atoms with Gasteiger partial charge in [0, 0.05) is 28.6 Å². The van der Waals surface area contributed by atoms with E-state index in [0.29, 0.717) is 30.3 Å². The molecular formula is C28H31ClN2O3S. The summed E-state index contributed by atoms with van der Waals surface area (Å²) in [7, 11) is 0. The first-order valence-electron chi connectivity index (χ1n) is 12.0. The molecule has 35 heavy (non-hydrogen) atoms. The van der Waals surface area contributed by atoms with E-state index in [-0.39, 0.29) is 24.4 Å². The van der Waals surface area contributed by atoms with Crippen molar-refractivity contribution in [2.75, 3.05) is 26.2 Å². The lowest BCUT2D eigenvalue weighted by Crippen LogP contribution is -2.48. The van der Waals surface area contributed by atoms with Crippen LogP contribution in [0.25, 0.3) is 0 Å². The Balaban J connectivity index is 1.53. The van der Waals surface area contributed by atoms with Gasteiger partial charge in [-0.3, -0.25) is 9.59 Å². The summed E-state index contributed by atoms with van der Waals surface area (Å²) in [5.41, 5.74) is 3.64. The summed E-state index contributed by atoms with van der Waals surface area (Å²) in [6.07, 6.45) is 1.59. The van der Waals surface area contributed by atoms with E-state index in [1.165, 1.54) is 4.88 Å². The number of ether oxygens (including phenoxy) is 1. The van der Waals surface area contributed by atoms with E-state index < -0.39 is 0 Å². The highest BCUT2D eigenvalue weighted by molar-refractivity contribution is 7.10. The highest BCUT2D eigenvalue weighted by Crippen LogP contribution is 2.34. The number of aryl methyl sites for hydroxylation is 2. The number of nitrogens with zero attached hydrogens (tertiary/aromatic N) is 2. The van der Waals surface area contributed by atoms with Crippen LogP contribution in [0.15, 0.2) is 53.9 Å². The van der Waals surface area contributed by atoms with Crippen LogP contribution in [0.5, 0.6) is 5.75 Å². The molecule has 1 atom stereocenters. The smallest absolute Gasteiger partial charge is 0.254 e. The Morgan fingerprint density at radius 1 is 1.14 bits per heavy atom. The maximum Gasteiger partial charge on any atom is 0.254 e. The number of hydrogen-bond acceptors (Lipinski definition) is 4. The van der Waals surface area contributed by atoms with Crippen molar-refractivity contribution in [1.29, 1.82) is 0 Å². The van der Waals surface area contributed by atoms with Crippen molar-refractivity contribution in [2.45, 2.75) is 39.7 Å². The molecule has 0 spiro atoms. The second-order valence-corrected chi connectivity index (χ2v) is 10.3. The first kappa shape index (κ1) is 25.3. The number of rotatable bonds is 8. The van der Waals surface area contributed by atoms with Crippen molar-refractivity contribution < 1.29 is 14.3 Å². The molecular weight excluding hydrogens is 480 g/mol. The van der Waals surface area contributed by atoms with E-state index in [9.17, 15) is 9.59 Å². The molecule has 5 nitrogen and oxygen atoms in total. The predicted octanol–water partition coefficient (Wildman–Crippen LogP) is 6.08. The fourth-order valence-corrected chi connectivity index (χ4v) is 5.56. The van der Waals surface area contributed by atoms with Crippen molar-refractivity contribution in [3.8, 4) is 5.75 Å². The Kier molecular flexibility index (Phi) is 8.14. The van der Waals surface area contributed by atoms with Crippen LogP contribution >= 0.6 is 22.9 Å². The SMILES string of the molecule is CCCN(CC(=O)N1CCc2sccc2[C@H]1COc1ccc(Cl)c(C)c1)C(=O)c1ccccc1C. The number of benzene rings is 2. The standard InChI is InChI=1S/C28H31ClN2O3S/c1-4-13-30(28(33)22-8-6-5-7-19(22)2)17-27(32)31-14-11-26-23(12-15-35-26)25(31)18-34-21-9-10-24(29)20(3)16-21/h5-10,12,15-16,25H,4,11,13-14,17-18H2,1-3H3/t25-/m1/s1. The zero-order chi connectivity index (χ0) is 24.9. The average Bonchev–Trinajstić information content (AvgIpc) is 3.33. The van der Waals surface area contributed by atoms with E-state index in [1.54, 1.807) is 16.2 Å². The van der Waals surface area contributed by atoms with E-state index in [2.05, 4.69) is 11.4 Å². The Hall–Kier alpha value is -2.83. The molecule has 4 rings (SSSR count). The average molecular weight is 511 g/mol. The molecule has 1 aromatic heterocycles. The highest BCUT2D eigenvalue weighted by atomic mass is 35.5. The van der Waals surface area contributed by atoms with Gasteiger partial charge >= 0.3 is 0 Å². The van der Waals surface area contributed by atoms with E-state index in [1.807, 2.05) is 68.1 Å². The molecule has 1 aliphatic heterocycles. The lowest BCUT2D eigenvalue weighted by Gasteiger charge is -2.37. The van der Waals surface area contributed by atoms with Crippen molar-refractivity contribution in [2.24, 2.45) is 0 Å². The summed E-state index contributed by atoms with van der Waals surface area (Å²) < 4.78 is 6.14. The summed E-state index contributed by atoms with van der Waals surface area (Å²) in [5.74, 6) is 0.568. The van der Waals surface area contributed by atoms with Crippen LogP contribution in [0.4, 0.5) is 0 Å². The number of carbonyl (C=O) groups is 2. The molecule has 0 N–H and O–H groups in total. The molecule has 0 bridgehead atoms. The Bertz CT molecular complexity index is 1210. The number of amides is 2. The molecule has 2 amide bonds. The minimum absolute atomic E-state index is 0.0526. The summed E-state index contributed by atoms with van der Waals surface area (Å²) in [6.45, 7) is 7.42. The molecule has 0 radical (unpaired) electrons. The highest BCUT2D eigenvalue weighted by Gasteiger charge is 2.33. The molecule has 7 heteroatoms. The number of halogens is 1. The third kappa shape index (κ3) is 5.71. The van der Waals surface area contributed by atoms with Crippen LogP contribution in [-0.2, 0) is 11.2 Å². The van der Waals surface area contributed by atoms with Gasteiger partial charge in [-0.1, -0.05) is 36.7 Å². The second-order valence-electron chi connectivity index (χ2n) is 8.92. The fraction of sp³-hybridized carbons (Fsp3) is 0.357. The van der Waals surface area contributed by atoms with Crippen LogP contribution in [0, 0.1) is 13.8 Å². The van der Waals surface area contributed by atoms with Crippen LogP contribution in [0.1, 0.15) is 51.3 Å². The minimum Gasteiger partial charge on any atom is -0.491 e. The lowest BCUT2D eigenvalue weighted by atomic mass is 10.00. The molecule has 0 saturated heterocycles. The first-order valence-corrected chi connectivity index (χ1v) is 13.2. The van der Waals surface area contributed by atoms with Gasteiger partial charge in [0.25, 0.3) is 5.91 Å². The zero-order valence-corrected chi connectivity index (χ0v) is 22.0. The van der Waals surface area contributed by atoms with Crippen LogP contribution in [0.3, 0.4) is 0 Å². The van der Waals surface area contributed by atoms with Crippen molar-refractivity contribution in [3.05, 3.63) is 86.1 Å². The molecule has 0 fully saturated rings. The molecule has 1 aliphatic rings. The van der Waals surface area contributed by atoms with Gasteiger partial charge < -0.3 is 14.5 Å². The van der Waals surface area contributed by atoms with Crippen molar-refractivity contribution >= 4 is 34.8 Å². The first-order chi connectivity index (χ1) is 16.9. The number of fused-ring (bicyclic) bond motifs is 1. The Morgan fingerprint density at radius 2 is 1.94 bits per heavy atom. The largest absolute Gasteiger partial charge is 0.491 e. The quantitative estimate of drug-likeness (QED) is 0.369. The Morgan fingerprint density at radius 3 is 2.69 bits per heavy atom. The van der Waals surface area contributed by atoms with E-state index >= 15 is 0 Å². The van der Waals surface area contributed by atoms with Crippen LogP contribution in [-0.4, -0.2) is 47.9 Å². The van der Waals surface area contributed by atoms with Crippen molar-refractivity contribution in [1.82, 2.24) is 9.80 Å². The van der Waals surface area contributed by atoms with Gasteiger partial charge in [0.1, 0.15) is 18.9 Å². The van der Waals surface area contributed by atoms with Crippen LogP contribution < -0.4 is 4.74 Å². The summed E-state index contributed by atoms with van der Waals surface area (Å²) >= 11 is 7.88. The fourth-order valence-electron chi connectivity index (χ4n) is 4.52. The molecule has 2 aromatic carbocycles. The van der Waals surface area contributed by atoms with Gasteiger partial charge in [-0.25, -0.2) is 0 Å². The van der Waals surface area contributed by atoms with Gasteiger partial charge in [-0.05, 0) is 79.1 Å². The van der Waals surface area contributed by atoms with Gasteiger partial charge in [0.2, 0.25) is 5.91 Å². The molecule has 184 valence electrons. The molecule has 3 aromatic rings. The maximum absolute atomic E-state index is 13.6. The molecule has 0 aliphatic carbocycles. The monoisotopic (exact) mass is 510 g/mol. The molecule has 0 saturated carbocycles. The van der Waals surface area contributed by atoms with E-state index in [4.69, 9.17) is 16.3 Å². The van der Waals surface area contributed by atoms with Gasteiger partial charge in [-0.15, -0.1) is 11.3 Å². The zero-order valence-electron chi connectivity index (χ0n) is 20.4. The second kappa shape index (κ2) is 11.3. The number of carbonyl (C=O) groups excluding carboxylic acids is 2. The number of hydrogen-bond donors (Lipinski definition) is 0. The topological polar surface area (TPSA) is 49.9 Å². The lowest BCUT2D eigenvalue weighted by molar-refractivity contribution is -0.135.